The highest BCUT2D eigenvalue weighted by molar-refractivity contribution is 5.67. The SMILES string of the molecule is CC[N+](CC)(CC)CCNC(=O)OC(C)(C)C. The second kappa shape index (κ2) is 6.84. The molecule has 0 heterocycles. The highest BCUT2D eigenvalue weighted by atomic mass is 16.6. The summed E-state index contributed by atoms with van der Waals surface area (Å²) < 4.78 is 6.23. The maximum Gasteiger partial charge on any atom is 0.407 e. The van der Waals surface area contributed by atoms with Crippen molar-refractivity contribution in [3.8, 4) is 0 Å². The molecule has 0 fully saturated rings. The normalized spacial score (nSPS) is 12.4. The lowest BCUT2D eigenvalue weighted by atomic mass is 10.2. The standard InChI is InChI=1S/C13H28N2O2/c1-7-15(8-2,9-3)11-10-14-12(16)17-13(4,5)6/h7-11H2,1-6H3/p+1. The zero-order valence-corrected chi connectivity index (χ0v) is 12.3. The van der Waals surface area contributed by atoms with Gasteiger partial charge in [-0.3, -0.25) is 0 Å². The smallest absolute Gasteiger partial charge is 0.407 e. The van der Waals surface area contributed by atoms with Crippen LogP contribution in [0.1, 0.15) is 41.5 Å². The van der Waals surface area contributed by atoms with Crippen molar-refractivity contribution in [3.63, 3.8) is 0 Å². The van der Waals surface area contributed by atoms with Crippen molar-refractivity contribution < 1.29 is 14.0 Å². The average Bonchev–Trinajstić information content (AvgIpc) is 2.22. The van der Waals surface area contributed by atoms with Gasteiger partial charge in [-0.15, -0.1) is 0 Å². The van der Waals surface area contributed by atoms with E-state index in [0.29, 0.717) is 6.54 Å². The Hall–Kier alpha value is -0.770. The van der Waals surface area contributed by atoms with E-state index >= 15 is 0 Å². The molecule has 0 aromatic carbocycles. The minimum atomic E-state index is -0.420. The number of ether oxygens (including phenoxy) is 1. The van der Waals surface area contributed by atoms with Gasteiger partial charge in [0.1, 0.15) is 5.60 Å². The fraction of sp³-hybridized carbons (Fsp3) is 0.923. The molecule has 0 unspecified atom stereocenters. The minimum absolute atomic E-state index is 0.320. The highest BCUT2D eigenvalue weighted by Gasteiger charge is 2.21. The summed E-state index contributed by atoms with van der Waals surface area (Å²) in [5.74, 6) is 0. The second-order valence-electron chi connectivity index (χ2n) is 5.44. The summed E-state index contributed by atoms with van der Waals surface area (Å²) in [6.45, 7) is 17.1. The molecule has 0 aliphatic heterocycles. The molecule has 0 atom stereocenters. The van der Waals surface area contributed by atoms with Crippen LogP contribution < -0.4 is 5.32 Å². The third kappa shape index (κ3) is 6.51. The molecular weight excluding hydrogens is 216 g/mol. The molecule has 0 rings (SSSR count). The number of alkyl carbamates (subject to hydrolysis) is 1. The number of carbonyl (C=O) groups excluding carboxylic acids is 1. The third-order valence-electron chi connectivity index (χ3n) is 3.27. The van der Waals surface area contributed by atoms with Crippen molar-refractivity contribution in [1.29, 1.82) is 0 Å². The van der Waals surface area contributed by atoms with Crippen molar-refractivity contribution in [1.82, 2.24) is 5.32 Å². The Kier molecular flexibility index (Phi) is 6.53. The molecule has 0 spiro atoms. The first-order chi connectivity index (χ1) is 7.78. The summed E-state index contributed by atoms with van der Waals surface area (Å²) in [4.78, 5) is 11.5. The van der Waals surface area contributed by atoms with E-state index in [1.165, 1.54) is 0 Å². The van der Waals surface area contributed by atoms with Crippen molar-refractivity contribution in [2.75, 3.05) is 32.7 Å². The molecule has 102 valence electrons. The zero-order chi connectivity index (χ0) is 13.5. The van der Waals surface area contributed by atoms with E-state index in [-0.39, 0.29) is 6.09 Å². The van der Waals surface area contributed by atoms with Gasteiger partial charge in [-0.1, -0.05) is 0 Å². The molecule has 0 saturated carbocycles. The average molecular weight is 245 g/mol. The van der Waals surface area contributed by atoms with Crippen LogP contribution in [-0.4, -0.2) is 48.9 Å². The van der Waals surface area contributed by atoms with Gasteiger partial charge in [-0.2, -0.15) is 0 Å². The number of hydrogen-bond acceptors (Lipinski definition) is 2. The largest absolute Gasteiger partial charge is 0.444 e. The first-order valence-corrected chi connectivity index (χ1v) is 6.60. The predicted octanol–water partition coefficient (Wildman–Crippen LogP) is 2.39. The van der Waals surface area contributed by atoms with Gasteiger partial charge in [0, 0.05) is 0 Å². The fourth-order valence-corrected chi connectivity index (χ4v) is 1.85. The van der Waals surface area contributed by atoms with Crippen LogP contribution in [0, 0.1) is 0 Å². The number of rotatable bonds is 6. The molecule has 17 heavy (non-hydrogen) atoms. The van der Waals surface area contributed by atoms with Gasteiger partial charge in [0.2, 0.25) is 0 Å². The monoisotopic (exact) mass is 245 g/mol. The van der Waals surface area contributed by atoms with Crippen molar-refractivity contribution in [3.05, 3.63) is 0 Å². The number of amides is 1. The molecule has 0 aromatic heterocycles. The molecule has 1 amide bonds. The van der Waals surface area contributed by atoms with Gasteiger partial charge in [0.15, 0.2) is 0 Å². The number of quaternary nitrogens is 1. The molecule has 0 radical (unpaired) electrons. The van der Waals surface area contributed by atoms with E-state index in [9.17, 15) is 4.79 Å². The van der Waals surface area contributed by atoms with Gasteiger partial charge >= 0.3 is 6.09 Å². The molecule has 4 heteroatoms. The van der Waals surface area contributed by atoms with Crippen LogP contribution in [0.2, 0.25) is 0 Å². The fourth-order valence-electron chi connectivity index (χ4n) is 1.85. The van der Waals surface area contributed by atoms with Crippen LogP contribution >= 0.6 is 0 Å². The summed E-state index contributed by atoms with van der Waals surface area (Å²) in [7, 11) is 0. The molecule has 0 aliphatic rings. The van der Waals surface area contributed by atoms with E-state index in [4.69, 9.17) is 4.74 Å². The Balaban J connectivity index is 4.01. The Morgan fingerprint density at radius 3 is 1.94 bits per heavy atom. The molecule has 0 bridgehead atoms. The minimum Gasteiger partial charge on any atom is -0.444 e. The first kappa shape index (κ1) is 16.2. The lowest BCUT2D eigenvalue weighted by molar-refractivity contribution is -0.922. The Morgan fingerprint density at radius 2 is 1.59 bits per heavy atom. The lowest BCUT2D eigenvalue weighted by Crippen LogP contribution is -2.51. The van der Waals surface area contributed by atoms with E-state index in [1.807, 2.05) is 20.8 Å². The molecule has 0 aromatic rings. The Labute approximate surface area is 106 Å². The van der Waals surface area contributed by atoms with E-state index in [0.717, 1.165) is 30.7 Å². The van der Waals surface area contributed by atoms with Crippen LogP contribution in [0.4, 0.5) is 4.79 Å². The molecule has 0 aliphatic carbocycles. The summed E-state index contributed by atoms with van der Waals surface area (Å²) in [5.41, 5.74) is -0.420. The quantitative estimate of drug-likeness (QED) is 0.730. The molecule has 0 saturated heterocycles. The molecular formula is C13H29N2O2+. The van der Waals surface area contributed by atoms with Gasteiger partial charge < -0.3 is 14.5 Å². The van der Waals surface area contributed by atoms with Gasteiger partial charge in [0.25, 0.3) is 0 Å². The van der Waals surface area contributed by atoms with E-state index < -0.39 is 5.60 Å². The number of nitrogens with zero attached hydrogens (tertiary/aromatic N) is 1. The van der Waals surface area contributed by atoms with E-state index in [2.05, 4.69) is 26.1 Å². The van der Waals surface area contributed by atoms with Crippen LogP contribution in [0.15, 0.2) is 0 Å². The van der Waals surface area contributed by atoms with Gasteiger partial charge in [0.05, 0.1) is 32.7 Å². The lowest BCUT2D eigenvalue weighted by Gasteiger charge is -2.35. The molecule has 1 N–H and O–H groups in total. The summed E-state index contributed by atoms with van der Waals surface area (Å²) in [5, 5.41) is 2.82. The van der Waals surface area contributed by atoms with Gasteiger partial charge in [-0.05, 0) is 41.5 Å². The van der Waals surface area contributed by atoms with Gasteiger partial charge in [-0.25, -0.2) is 4.79 Å². The first-order valence-electron chi connectivity index (χ1n) is 6.60. The van der Waals surface area contributed by atoms with Crippen LogP contribution in [0.5, 0.6) is 0 Å². The zero-order valence-electron chi connectivity index (χ0n) is 12.3. The predicted molar refractivity (Wildman–Crippen MR) is 71.0 cm³/mol. The number of likely N-dealkylation sites (N-methyl/N-ethyl adjacent to an activating group) is 1. The summed E-state index contributed by atoms with van der Waals surface area (Å²) in [6, 6.07) is 0. The Morgan fingerprint density at radius 1 is 1.12 bits per heavy atom. The maximum absolute atomic E-state index is 11.5. The number of hydrogen-bond donors (Lipinski definition) is 1. The summed E-state index contributed by atoms with van der Waals surface area (Å²) >= 11 is 0. The maximum atomic E-state index is 11.5. The van der Waals surface area contributed by atoms with Crippen molar-refractivity contribution >= 4 is 6.09 Å². The van der Waals surface area contributed by atoms with Crippen molar-refractivity contribution in [2.24, 2.45) is 0 Å². The van der Waals surface area contributed by atoms with Crippen LogP contribution in [0.3, 0.4) is 0 Å². The Bertz CT molecular complexity index is 222. The molecule has 4 nitrogen and oxygen atoms in total. The van der Waals surface area contributed by atoms with Crippen molar-refractivity contribution in [2.45, 2.75) is 47.1 Å². The third-order valence-corrected chi connectivity index (χ3v) is 3.27. The highest BCUT2D eigenvalue weighted by Crippen LogP contribution is 2.07. The summed E-state index contributed by atoms with van der Waals surface area (Å²) in [6.07, 6.45) is -0.320. The van der Waals surface area contributed by atoms with Crippen LogP contribution in [-0.2, 0) is 4.74 Å². The second-order valence-corrected chi connectivity index (χ2v) is 5.44. The number of carbonyl (C=O) groups is 1. The topological polar surface area (TPSA) is 38.3 Å². The van der Waals surface area contributed by atoms with Crippen LogP contribution in [0.25, 0.3) is 0 Å². The number of nitrogens with one attached hydrogen (secondary N) is 1. The van der Waals surface area contributed by atoms with E-state index in [1.54, 1.807) is 0 Å².